The number of allylic oxidation sites excluding steroid dienone is 1. The zero-order chi connectivity index (χ0) is 17.3. The van der Waals surface area contributed by atoms with Gasteiger partial charge in [0, 0.05) is 0 Å². The molecule has 0 saturated heterocycles. The minimum absolute atomic E-state index is 0.678. The molecule has 0 bridgehead atoms. The first kappa shape index (κ1) is 22.1. The van der Waals surface area contributed by atoms with Gasteiger partial charge in [-0.25, -0.2) is 0 Å². The van der Waals surface area contributed by atoms with Crippen molar-refractivity contribution in [3.63, 3.8) is 0 Å². The normalized spacial score (nSPS) is 13.5. The van der Waals surface area contributed by atoms with Gasteiger partial charge in [0.2, 0.25) is 0 Å². The van der Waals surface area contributed by atoms with E-state index in [0.29, 0.717) is 0 Å². The summed E-state index contributed by atoms with van der Waals surface area (Å²) in [4.78, 5) is 9.56. The second-order valence-corrected chi connectivity index (χ2v) is 14.7. The summed E-state index contributed by atoms with van der Waals surface area (Å²) < 4.78 is 1.80. The molecule has 127 valence electrons. The molecule has 0 aromatic carbocycles. The van der Waals surface area contributed by atoms with Gasteiger partial charge in [-0.05, 0) is 0 Å². The number of nitrogens with zero attached hydrogens (tertiary/aromatic N) is 2. The Balaban J connectivity index is 5.94. The van der Waals surface area contributed by atoms with Crippen LogP contribution in [0.3, 0.4) is 0 Å². The van der Waals surface area contributed by atoms with Crippen LogP contribution in [0.2, 0.25) is 22.5 Å². The molecule has 4 heteroatoms. The Morgan fingerprint density at radius 1 is 0.955 bits per heavy atom. The molecule has 0 atom stereocenters. The topological polar surface area (TPSA) is 6.48 Å². The maximum atomic E-state index is 3.75. The molecular weight excluding hydrogens is 374 g/mol. The predicted molar refractivity (Wildman–Crippen MR) is 106 cm³/mol. The summed E-state index contributed by atoms with van der Waals surface area (Å²) in [5.74, 6) is 7.22. The fraction of sp³-hybridized carbons (Fsp3) is 0.778. The molecule has 22 heavy (non-hydrogen) atoms. The average molecular weight is 411 g/mol. The molecular formula is C18H37BN2Sn-. The summed E-state index contributed by atoms with van der Waals surface area (Å²) >= 11 is -1.41. The first-order valence-corrected chi connectivity index (χ1v) is 15.9. The Labute approximate surface area is 147 Å². The minimum atomic E-state index is -1.41. The van der Waals surface area contributed by atoms with Crippen LogP contribution in [-0.4, -0.2) is 77.0 Å². The predicted octanol–water partition coefficient (Wildman–Crippen LogP) is 3.68. The molecule has 0 fully saturated rings. The van der Waals surface area contributed by atoms with E-state index in [0.717, 1.165) is 13.1 Å². The van der Waals surface area contributed by atoms with Gasteiger partial charge in [-0.1, -0.05) is 0 Å². The second kappa shape index (κ2) is 10.8. The van der Waals surface area contributed by atoms with Crippen molar-refractivity contribution < 1.29 is 0 Å². The summed E-state index contributed by atoms with van der Waals surface area (Å²) in [5.41, 5.74) is 1.73. The Morgan fingerprint density at radius 2 is 1.50 bits per heavy atom. The molecule has 0 saturated carbocycles. The number of rotatable bonds is 8. The van der Waals surface area contributed by atoms with Gasteiger partial charge in [0.05, 0.1) is 0 Å². The first-order chi connectivity index (χ1) is 10.2. The van der Waals surface area contributed by atoms with E-state index in [1.165, 1.54) is 19.1 Å². The van der Waals surface area contributed by atoms with Crippen molar-refractivity contribution in [3.05, 3.63) is 9.06 Å². The molecule has 0 aliphatic heterocycles. The molecule has 0 unspecified atom stereocenters. The van der Waals surface area contributed by atoms with E-state index in [9.17, 15) is 0 Å². The molecule has 1 radical (unpaired) electrons. The average Bonchev–Trinajstić information content (AvgIpc) is 2.44. The number of hydrogen-bond acceptors (Lipinski definition) is 2. The molecule has 0 aromatic heterocycles. The van der Waals surface area contributed by atoms with E-state index in [1.807, 2.05) is 0 Å². The van der Waals surface area contributed by atoms with Crippen LogP contribution in [-0.2, 0) is 0 Å². The Kier molecular flexibility index (Phi) is 10.8. The van der Waals surface area contributed by atoms with Crippen molar-refractivity contribution in [2.75, 3.05) is 41.3 Å². The summed E-state index contributed by atoms with van der Waals surface area (Å²) in [6.45, 7) is 9.03. The van der Waals surface area contributed by atoms with Gasteiger partial charge in [-0.15, -0.1) is 0 Å². The first-order valence-electron chi connectivity index (χ1n) is 8.75. The summed E-state index contributed by atoms with van der Waals surface area (Å²) in [5, 5.41) is 0. The van der Waals surface area contributed by atoms with Crippen LogP contribution in [0.25, 0.3) is 0 Å². The quantitative estimate of drug-likeness (QED) is 0.445. The van der Waals surface area contributed by atoms with Crippen LogP contribution >= 0.6 is 0 Å². The van der Waals surface area contributed by atoms with Crippen molar-refractivity contribution in [2.45, 2.75) is 49.7 Å². The van der Waals surface area contributed by atoms with Crippen molar-refractivity contribution in [1.29, 1.82) is 0 Å². The van der Waals surface area contributed by atoms with Crippen LogP contribution < -0.4 is 0 Å². The van der Waals surface area contributed by atoms with E-state index in [4.69, 9.17) is 0 Å². The van der Waals surface area contributed by atoms with Crippen LogP contribution in [0.5, 0.6) is 0 Å². The van der Waals surface area contributed by atoms with E-state index >= 15 is 0 Å². The van der Waals surface area contributed by atoms with Crippen LogP contribution in [0, 0.1) is 11.7 Å². The standard InChI is InChI=1S/C16H31BN2.2CH3.Sn/c1-8-16(12-15-19(6)7)17(9-2,10-3)13-11-14-18(4)5;;;/h8-10,14-15H2,1-7H3;2*1H3;/q-1;;;. The molecule has 0 N–H and O–H groups in total. The second-order valence-electron chi connectivity index (χ2n) is 7.22. The Morgan fingerprint density at radius 3 is 1.82 bits per heavy atom. The molecule has 0 aliphatic rings. The van der Waals surface area contributed by atoms with Gasteiger partial charge in [-0.3, -0.25) is 0 Å². The molecule has 0 spiro atoms. The van der Waals surface area contributed by atoms with E-state index in [-0.39, 0.29) is 0 Å². The van der Waals surface area contributed by atoms with Gasteiger partial charge in [0.1, 0.15) is 0 Å². The van der Waals surface area contributed by atoms with Crippen LogP contribution in [0.1, 0.15) is 27.2 Å². The molecule has 0 aliphatic carbocycles. The van der Waals surface area contributed by atoms with Gasteiger partial charge in [0.25, 0.3) is 0 Å². The molecule has 2 nitrogen and oxygen atoms in total. The van der Waals surface area contributed by atoms with Crippen molar-refractivity contribution in [1.82, 2.24) is 9.80 Å². The fourth-order valence-corrected chi connectivity index (χ4v) is 8.24. The van der Waals surface area contributed by atoms with Crippen molar-refractivity contribution in [2.24, 2.45) is 0 Å². The molecule has 0 aromatic rings. The SMILES string of the molecule is CC/C(=[C](\CN(C)C)[Sn]([CH3])[CH3])[B-](C#CCN(C)C)(CC)CC. The fourth-order valence-electron chi connectivity index (χ4n) is 3.31. The zero-order valence-electron chi connectivity index (χ0n) is 16.5. The van der Waals surface area contributed by atoms with Gasteiger partial charge in [-0.2, -0.15) is 0 Å². The summed E-state index contributed by atoms with van der Waals surface area (Å²) in [6.07, 6.45) is 2.87. The molecule has 0 rings (SSSR count). The number of hydrogen-bond donors (Lipinski definition) is 0. The molecule has 0 heterocycles. The Bertz CT molecular complexity index is 413. The third-order valence-corrected chi connectivity index (χ3v) is 9.49. The van der Waals surface area contributed by atoms with Crippen molar-refractivity contribution in [3.8, 4) is 11.7 Å². The third-order valence-electron chi connectivity index (χ3n) is 4.68. The third kappa shape index (κ3) is 6.68. The zero-order valence-corrected chi connectivity index (χ0v) is 19.4. The number of likely N-dealkylation sites (N-methyl/N-ethyl adjacent to an activating group) is 1. The Hall–Kier alpha value is 0.0836. The maximum absolute atomic E-state index is 3.75. The van der Waals surface area contributed by atoms with E-state index < -0.39 is 25.9 Å². The monoisotopic (exact) mass is 412 g/mol. The van der Waals surface area contributed by atoms with Crippen LogP contribution in [0.4, 0.5) is 0 Å². The van der Waals surface area contributed by atoms with Crippen molar-refractivity contribution >= 4 is 25.9 Å². The van der Waals surface area contributed by atoms with E-state index in [2.05, 4.69) is 80.4 Å². The van der Waals surface area contributed by atoms with Gasteiger partial charge < -0.3 is 0 Å². The van der Waals surface area contributed by atoms with Gasteiger partial charge >= 0.3 is 147 Å². The molecule has 0 amide bonds. The summed E-state index contributed by atoms with van der Waals surface area (Å²) in [6, 6.07) is 0. The van der Waals surface area contributed by atoms with Crippen LogP contribution in [0.15, 0.2) is 9.06 Å². The van der Waals surface area contributed by atoms with E-state index in [1.54, 1.807) is 9.06 Å². The summed E-state index contributed by atoms with van der Waals surface area (Å²) in [7, 11) is 8.59. The van der Waals surface area contributed by atoms with Gasteiger partial charge in [0.15, 0.2) is 0 Å².